The van der Waals surface area contributed by atoms with Crippen LogP contribution in [-0.4, -0.2) is 68.6 Å². The van der Waals surface area contributed by atoms with Crippen molar-refractivity contribution in [1.29, 1.82) is 0 Å². The lowest BCUT2D eigenvalue weighted by molar-refractivity contribution is 0.0526. The summed E-state index contributed by atoms with van der Waals surface area (Å²) in [5, 5.41) is 3.64. The van der Waals surface area contributed by atoms with Gasteiger partial charge in [-0.3, -0.25) is 0 Å². The van der Waals surface area contributed by atoms with Crippen LogP contribution in [0.2, 0.25) is 0 Å². The Balaban J connectivity index is 1.56. The molecule has 8 nitrogen and oxygen atoms in total. The molecule has 1 heterocycles. The van der Waals surface area contributed by atoms with Gasteiger partial charge in [-0.05, 0) is 67.7 Å². The lowest BCUT2D eigenvalue weighted by Crippen LogP contribution is -2.51. The van der Waals surface area contributed by atoms with E-state index in [0.717, 1.165) is 5.69 Å². The molecular formula is C21H25N3O5S2. The van der Waals surface area contributed by atoms with Gasteiger partial charge in [0.05, 0.1) is 24.2 Å². The molecule has 0 aromatic heterocycles. The first-order valence-corrected chi connectivity index (χ1v) is 11.7. The van der Waals surface area contributed by atoms with Crippen LogP contribution in [0.3, 0.4) is 0 Å². The number of methoxy groups -OCH3 is 1. The maximum Gasteiger partial charge on any atom is 0.338 e. The number of rotatable bonds is 6. The fourth-order valence-corrected chi connectivity index (χ4v) is 4.86. The van der Waals surface area contributed by atoms with Gasteiger partial charge in [-0.15, -0.1) is 0 Å². The van der Waals surface area contributed by atoms with E-state index >= 15 is 0 Å². The van der Waals surface area contributed by atoms with Gasteiger partial charge in [0.2, 0.25) is 10.0 Å². The van der Waals surface area contributed by atoms with E-state index in [1.807, 2.05) is 4.90 Å². The Morgan fingerprint density at radius 3 is 2.19 bits per heavy atom. The largest absolute Gasteiger partial charge is 0.497 e. The Kier molecular flexibility index (Phi) is 7.47. The molecule has 3 rings (SSSR count). The highest BCUT2D eigenvalue weighted by atomic mass is 32.2. The number of nitrogens with zero attached hydrogens (tertiary/aromatic N) is 2. The molecular weight excluding hydrogens is 438 g/mol. The lowest BCUT2D eigenvalue weighted by atomic mass is 10.2. The van der Waals surface area contributed by atoms with Crippen molar-refractivity contribution in [3.63, 3.8) is 0 Å². The first kappa shape index (κ1) is 23.0. The Bertz CT molecular complexity index is 1020. The highest BCUT2D eigenvalue weighted by Gasteiger charge is 2.29. The third-order valence-electron chi connectivity index (χ3n) is 4.87. The third-order valence-corrected chi connectivity index (χ3v) is 7.14. The highest BCUT2D eigenvalue weighted by Crippen LogP contribution is 2.21. The van der Waals surface area contributed by atoms with Crippen molar-refractivity contribution in [2.75, 3.05) is 45.2 Å². The molecule has 0 saturated carbocycles. The van der Waals surface area contributed by atoms with Crippen LogP contribution >= 0.6 is 12.2 Å². The summed E-state index contributed by atoms with van der Waals surface area (Å²) in [6.07, 6.45) is 0. The van der Waals surface area contributed by atoms with E-state index in [0.29, 0.717) is 49.2 Å². The molecule has 0 aliphatic carbocycles. The zero-order valence-electron chi connectivity index (χ0n) is 17.4. The number of hydrogen-bond donors (Lipinski definition) is 1. The quantitative estimate of drug-likeness (QED) is 0.517. The Morgan fingerprint density at radius 1 is 1.03 bits per heavy atom. The summed E-state index contributed by atoms with van der Waals surface area (Å²) in [6, 6.07) is 13.2. The SMILES string of the molecule is CCOC(=O)c1ccc(NC(=S)N2CCN(S(=O)(=O)c3ccc(OC)cc3)CC2)cc1. The summed E-state index contributed by atoms with van der Waals surface area (Å²) in [5.74, 6) is 0.237. The lowest BCUT2D eigenvalue weighted by Gasteiger charge is -2.35. The zero-order valence-corrected chi connectivity index (χ0v) is 19.0. The highest BCUT2D eigenvalue weighted by molar-refractivity contribution is 7.89. The summed E-state index contributed by atoms with van der Waals surface area (Å²) in [6.45, 7) is 3.69. The Labute approximate surface area is 187 Å². The van der Waals surface area contributed by atoms with E-state index in [-0.39, 0.29) is 10.9 Å². The van der Waals surface area contributed by atoms with Crippen LogP contribution in [0.4, 0.5) is 5.69 Å². The van der Waals surface area contributed by atoms with Gasteiger partial charge in [-0.2, -0.15) is 4.31 Å². The monoisotopic (exact) mass is 463 g/mol. The van der Waals surface area contributed by atoms with Crippen molar-refractivity contribution in [3.05, 3.63) is 54.1 Å². The molecule has 10 heteroatoms. The molecule has 31 heavy (non-hydrogen) atoms. The molecule has 0 bridgehead atoms. The summed E-state index contributed by atoms with van der Waals surface area (Å²) in [5.41, 5.74) is 1.21. The molecule has 1 aliphatic rings. The summed E-state index contributed by atoms with van der Waals surface area (Å²) in [4.78, 5) is 13.9. The number of carbonyl (C=O) groups is 1. The Morgan fingerprint density at radius 2 is 1.65 bits per heavy atom. The average molecular weight is 464 g/mol. The second-order valence-electron chi connectivity index (χ2n) is 6.79. The first-order valence-electron chi connectivity index (χ1n) is 9.82. The molecule has 0 atom stereocenters. The second kappa shape index (κ2) is 10.1. The van der Waals surface area contributed by atoms with Crippen LogP contribution < -0.4 is 10.1 Å². The number of ether oxygens (including phenoxy) is 2. The third kappa shape index (κ3) is 5.52. The second-order valence-corrected chi connectivity index (χ2v) is 9.12. The molecule has 166 valence electrons. The molecule has 2 aromatic carbocycles. The number of carbonyl (C=O) groups excluding carboxylic acids is 1. The van der Waals surface area contributed by atoms with Gasteiger partial charge in [0, 0.05) is 31.9 Å². The van der Waals surface area contributed by atoms with E-state index in [9.17, 15) is 13.2 Å². The summed E-state index contributed by atoms with van der Waals surface area (Å²) < 4.78 is 37.3. The minimum absolute atomic E-state index is 0.240. The normalized spacial score (nSPS) is 14.7. The molecule has 0 unspecified atom stereocenters. The fraction of sp³-hybridized carbons (Fsp3) is 0.333. The van der Waals surface area contributed by atoms with E-state index < -0.39 is 10.0 Å². The number of anilines is 1. The number of nitrogens with one attached hydrogen (secondary N) is 1. The fourth-order valence-electron chi connectivity index (χ4n) is 3.13. The van der Waals surface area contributed by atoms with Crippen molar-refractivity contribution in [1.82, 2.24) is 9.21 Å². The van der Waals surface area contributed by atoms with Crippen LogP contribution in [0, 0.1) is 0 Å². The first-order chi connectivity index (χ1) is 14.8. The molecule has 0 amide bonds. The van der Waals surface area contributed by atoms with Crippen molar-refractivity contribution in [3.8, 4) is 5.75 Å². The average Bonchev–Trinajstić information content (AvgIpc) is 2.79. The molecule has 0 spiro atoms. The Hall–Kier alpha value is -2.69. The van der Waals surface area contributed by atoms with Crippen molar-refractivity contribution < 1.29 is 22.7 Å². The van der Waals surface area contributed by atoms with Crippen molar-refractivity contribution in [2.24, 2.45) is 0 Å². The van der Waals surface area contributed by atoms with Crippen LogP contribution in [0.15, 0.2) is 53.4 Å². The van der Waals surface area contributed by atoms with E-state index in [4.69, 9.17) is 21.7 Å². The predicted molar refractivity (Wildman–Crippen MR) is 122 cm³/mol. The number of esters is 1. The van der Waals surface area contributed by atoms with E-state index in [2.05, 4.69) is 5.32 Å². The molecule has 2 aromatic rings. The van der Waals surface area contributed by atoms with Crippen LogP contribution in [0.1, 0.15) is 17.3 Å². The zero-order chi connectivity index (χ0) is 22.4. The predicted octanol–water partition coefficient (Wildman–Crippen LogP) is 2.58. The molecule has 1 aliphatic heterocycles. The van der Waals surface area contributed by atoms with Crippen LogP contribution in [0.5, 0.6) is 5.75 Å². The molecule has 1 saturated heterocycles. The van der Waals surface area contributed by atoms with Gasteiger partial charge < -0.3 is 19.7 Å². The van der Waals surface area contributed by atoms with E-state index in [1.54, 1.807) is 55.5 Å². The maximum absolute atomic E-state index is 12.9. The minimum Gasteiger partial charge on any atom is -0.497 e. The standard InChI is InChI=1S/C21H25N3O5S2/c1-3-29-20(25)16-4-6-17(7-5-16)22-21(30)23-12-14-24(15-13-23)31(26,27)19-10-8-18(28-2)9-11-19/h4-11H,3,12-15H2,1-2H3,(H,22,30). The number of sulfonamides is 1. The van der Waals surface area contributed by atoms with Gasteiger partial charge >= 0.3 is 5.97 Å². The van der Waals surface area contributed by atoms with E-state index in [1.165, 1.54) is 11.4 Å². The maximum atomic E-state index is 12.9. The summed E-state index contributed by atoms with van der Waals surface area (Å²) >= 11 is 5.48. The van der Waals surface area contributed by atoms with Gasteiger partial charge in [0.25, 0.3) is 0 Å². The molecule has 1 fully saturated rings. The number of hydrogen-bond acceptors (Lipinski definition) is 6. The van der Waals surface area contributed by atoms with Gasteiger partial charge in [0.15, 0.2) is 5.11 Å². The van der Waals surface area contributed by atoms with Gasteiger partial charge in [0.1, 0.15) is 5.75 Å². The van der Waals surface area contributed by atoms with Gasteiger partial charge in [-0.1, -0.05) is 0 Å². The number of benzene rings is 2. The molecule has 1 N–H and O–H groups in total. The smallest absolute Gasteiger partial charge is 0.338 e. The summed E-state index contributed by atoms with van der Waals surface area (Å²) in [7, 11) is -2.03. The van der Waals surface area contributed by atoms with Crippen molar-refractivity contribution in [2.45, 2.75) is 11.8 Å². The molecule has 0 radical (unpaired) electrons. The topological polar surface area (TPSA) is 88.2 Å². The van der Waals surface area contributed by atoms with Crippen LogP contribution in [0.25, 0.3) is 0 Å². The minimum atomic E-state index is -3.57. The van der Waals surface area contributed by atoms with Crippen molar-refractivity contribution >= 4 is 39.0 Å². The van der Waals surface area contributed by atoms with Gasteiger partial charge in [-0.25, -0.2) is 13.2 Å². The number of thiocarbonyl (C=S) groups is 1. The van der Waals surface area contributed by atoms with Crippen LogP contribution in [-0.2, 0) is 14.8 Å². The number of piperazine rings is 1.